The Morgan fingerprint density at radius 3 is 1.65 bits per heavy atom. The van der Waals surface area contributed by atoms with E-state index >= 15 is 4.79 Å². The van der Waals surface area contributed by atoms with Gasteiger partial charge >= 0.3 is 0 Å². The lowest BCUT2D eigenvalue weighted by atomic mass is 9.83. The summed E-state index contributed by atoms with van der Waals surface area (Å²) in [6.45, 7) is 16.8. The average molecular weight is 1020 g/mol. The molecule has 1 fully saturated rings. The quantitative estimate of drug-likeness (QED) is 0.110. The van der Waals surface area contributed by atoms with E-state index in [4.69, 9.17) is 0 Å². The van der Waals surface area contributed by atoms with Gasteiger partial charge in [-0.3, -0.25) is 33.6 Å². The summed E-state index contributed by atoms with van der Waals surface area (Å²) in [4.78, 5) is 104. The second-order valence-electron chi connectivity index (χ2n) is 23.5. The molecule has 16 nitrogen and oxygen atoms in total. The van der Waals surface area contributed by atoms with Crippen LogP contribution in [0.5, 0.6) is 0 Å². The maximum Gasteiger partial charge on any atom is 0.251 e. The van der Waals surface area contributed by atoms with Crippen LogP contribution in [0.1, 0.15) is 150 Å². The van der Waals surface area contributed by atoms with Crippen LogP contribution in [0.2, 0.25) is 0 Å². The van der Waals surface area contributed by atoms with Gasteiger partial charge in [-0.05, 0) is 128 Å². The zero-order valence-corrected chi connectivity index (χ0v) is 45.4. The molecular weight excluding hydrogens is 935 g/mol. The number of nitrogens with one attached hydrogen (secondary N) is 7. The molecule has 7 amide bonds. The standard InChI is InChI=1S/C58H81N9O7/c1-33(2)47(60-11)54(72)65-49(58(7,8)9)55(73)66-31-39-28-38(27-26-37(39)29-45(66)52(70)62-43-24-16-20-35-18-12-14-22-41(35)43)51(69)61-40-30-46(53(71)63-44-25-17-21-36-19-13-15-23-42(36)44)67(32-40)56(74)48(57(4,5)6)64-50(68)34(3)59-10/h12-15,18-19,22-23,26-28,33-34,40,43-49,59-60H,16-17,20-21,24-25,29-32H2,1-11H3,(H,61,69)(H,62,70)(H,63,71)(H,64,68)(H,65,72)/t34-,40-,43+,44+,45-,46-,47-,48+,49+/m0/s1. The molecule has 0 bridgehead atoms. The largest absolute Gasteiger partial charge is 0.347 e. The van der Waals surface area contributed by atoms with Gasteiger partial charge in [0.15, 0.2) is 0 Å². The van der Waals surface area contributed by atoms with Crippen molar-refractivity contribution in [2.75, 3.05) is 20.6 Å². The Hall–Kier alpha value is -6.13. The Labute approximate surface area is 438 Å². The van der Waals surface area contributed by atoms with Gasteiger partial charge in [0, 0.05) is 31.1 Å². The van der Waals surface area contributed by atoms with E-state index in [1.54, 1.807) is 38.1 Å². The Balaban J connectivity index is 1.16. The predicted octanol–water partition coefficient (Wildman–Crippen LogP) is 4.94. The molecule has 0 unspecified atom stereocenters. The minimum Gasteiger partial charge on any atom is -0.347 e. The van der Waals surface area contributed by atoms with Gasteiger partial charge in [-0.25, -0.2) is 0 Å². The molecule has 2 heterocycles. The van der Waals surface area contributed by atoms with Crippen LogP contribution in [0, 0.1) is 16.7 Å². The zero-order chi connectivity index (χ0) is 53.8. The summed E-state index contributed by atoms with van der Waals surface area (Å²) in [5.74, 6) is -2.62. The van der Waals surface area contributed by atoms with Crippen LogP contribution in [0.3, 0.4) is 0 Å². The summed E-state index contributed by atoms with van der Waals surface area (Å²) in [5.41, 5.74) is 4.80. The minimum absolute atomic E-state index is 0.00104. The molecule has 7 N–H and O–H groups in total. The van der Waals surface area contributed by atoms with Crippen molar-refractivity contribution in [1.29, 1.82) is 0 Å². The average Bonchev–Trinajstić information content (AvgIpc) is 3.79. The molecular formula is C58H81N9O7. The number of carbonyl (C=O) groups is 7. The molecule has 2 aliphatic carbocycles. The fourth-order valence-corrected chi connectivity index (χ4v) is 11.3. The van der Waals surface area contributed by atoms with Crippen LogP contribution >= 0.6 is 0 Å². The molecule has 0 aromatic heterocycles. The van der Waals surface area contributed by atoms with E-state index in [1.807, 2.05) is 97.9 Å². The Morgan fingerprint density at radius 2 is 1.12 bits per heavy atom. The number of hydrogen-bond donors (Lipinski definition) is 7. The summed E-state index contributed by atoms with van der Waals surface area (Å²) >= 11 is 0. The Kier molecular flexibility index (Phi) is 17.4. The molecule has 4 aliphatic rings. The van der Waals surface area contributed by atoms with Crippen LogP contribution in [0.15, 0.2) is 66.7 Å². The maximum absolute atomic E-state index is 15.1. The summed E-state index contributed by atoms with van der Waals surface area (Å²) < 4.78 is 0. The molecule has 0 saturated carbocycles. The molecule has 7 rings (SSSR count). The molecule has 2 aliphatic heterocycles. The van der Waals surface area contributed by atoms with Crippen molar-refractivity contribution in [2.45, 2.75) is 175 Å². The minimum atomic E-state index is -0.993. The fourth-order valence-electron chi connectivity index (χ4n) is 11.3. The van der Waals surface area contributed by atoms with Crippen LogP contribution in [-0.2, 0) is 54.6 Å². The third-order valence-electron chi connectivity index (χ3n) is 15.7. The van der Waals surface area contributed by atoms with E-state index in [-0.39, 0.29) is 67.6 Å². The summed E-state index contributed by atoms with van der Waals surface area (Å²) in [5, 5.41) is 21.7. The lowest BCUT2D eigenvalue weighted by Crippen LogP contribution is -2.62. The van der Waals surface area contributed by atoms with Gasteiger partial charge in [-0.1, -0.05) is 110 Å². The van der Waals surface area contributed by atoms with E-state index in [9.17, 15) is 28.8 Å². The van der Waals surface area contributed by atoms with Crippen molar-refractivity contribution >= 4 is 41.4 Å². The van der Waals surface area contributed by atoms with E-state index in [1.165, 1.54) is 16.0 Å². The van der Waals surface area contributed by atoms with Crippen molar-refractivity contribution in [3.8, 4) is 0 Å². The number of likely N-dealkylation sites (tertiary alicyclic amines) is 1. The zero-order valence-electron chi connectivity index (χ0n) is 45.4. The Bertz CT molecular complexity index is 2580. The van der Waals surface area contributed by atoms with Crippen molar-refractivity contribution < 1.29 is 33.6 Å². The SMILES string of the molecule is CN[C@@H](C)C(=O)N[C@H](C(=O)N1C[C@@H](NC(=O)c2ccc3c(c2)CN(C(=O)[C@@H](NC(=O)[C@@H](NC)C(C)C)C(C)(C)C)[C@H](C(=O)N[C@@H]2CCCc4ccccc42)C3)C[C@H]1C(=O)N[C@@H]1CCCc2ccccc21)C(C)(C)C. The molecule has 3 aromatic carbocycles. The second-order valence-corrected chi connectivity index (χ2v) is 23.5. The number of likely N-dealkylation sites (N-methyl/N-ethyl adjacent to an activating group) is 2. The monoisotopic (exact) mass is 1020 g/mol. The Morgan fingerprint density at radius 1 is 0.595 bits per heavy atom. The number of nitrogens with zero attached hydrogens (tertiary/aromatic N) is 2. The van der Waals surface area contributed by atoms with Crippen LogP contribution in [0.4, 0.5) is 0 Å². The van der Waals surface area contributed by atoms with Crippen molar-refractivity contribution in [3.63, 3.8) is 0 Å². The fraction of sp³-hybridized carbons (Fsp3) is 0.569. The smallest absolute Gasteiger partial charge is 0.251 e. The molecule has 1 saturated heterocycles. The van der Waals surface area contributed by atoms with Gasteiger partial charge in [0.1, 0.15) is 24.2 Å². The maximum atomic E-state index is 15.1. The first-order valence-corrected chi connectivity index (χ1v) is 26.8. The lowest BCUT2D eigenvalue weighted by Gasteiger charge is -2.42. The highest BCUT2D eigenvalue weighted by molar-refractivity contribution is 5.97. The predicted molar refractivity (Wildman–Crippen MR) is 285 cm³/mol. The normalized spacial score (nSPS) is 22.2. The second kappa shape index (κ2) is 23.2. The first kappa shape index (κ1) is 55.6. The number of fused-ring (bicyclic) bond motifs is 3. The van der Waals surface area contributed by atoms with Gasteiger partial charge in [0.25, 0.3) is 5.91 Å². The first-order valence-electron chi connectivity index (χ1n) is 26.8. The highest BCUT2D eigenvalue weighted by atomic mass is 16.2. The van der Waals surface area contributed by atoms with Crippen LogP contribution in [0.25, 0.3) is 0 Å². The van der Waals surface area contributed by atoms with Crippen molar-refractivity contribution in [3.05, 3.63) is 106 Å². The lowest BCUT2D eigenvalue weighted by molar-refractivity contribution is -0.147. The number of carbonyl (C=O) groups excluding carboxylic acids is 7. The molecule has 0 radical (unpaired) electrons. The molecule has 3 aromatic rings. The third-order valence-corrected chi connectivity index (χ3v) is 15.7. The van der Waals surface area contributed by atoms with Crippen molar-refractivity contribution in [1.82, 2.24) is 47.0 Å². The number of benzene rings is 3. The van der Waals surface area contributed by atoms with Crippen LogP contribution < -0.4 is 37.2 Å². The summed E-state index contributed by atoms with van der Waals surface area (Å²) in [6, 6.07) is 15.4. The van der Waals surface area contributed by atoms with Gasteiger partial charge in [0.2, 0.25) is 35.4 Å². The van der Waals surface area contributed by atoms with Gasteiger partial charge < -0.3 is 47.0 Å². The van der Waals surface area contributed by atoms with E-state index in [0.29, 0.717) is 11.1 Å². The number of hydrogen-bond acceptors (Lipinski definition) is 9. The summed E-state index contributed by atoms with van der Waals surface area (Å²) in [7, 11) is 3.38. The van der Waals surface area contributed by atoms with E-state index in [0.717, 1.165) is 55.2 Å². The highest BCUT2D eigenvalue weighted by Gasteiger charge is 2.47. The van der Waals surface area contributed by atoms with Crippen molar-refractivity contribution in [2.24, 2.45) is 16.7 Å². The number of amides is 7. The molecule has 16 heteroatoms. The highest BCUT2D eigenvalue weighted by Crippen LogP contribution is 2.35. The van der Waals surface area contributed by atoms with Gasteiger partial charge in [0.05, 0.1) is 24.2 Å². The molecule has 0 spiro atoms. The number of rotatable bonds is 15. The third kappa shape index (κ3) is 12.5. The van der Waals surface area contributed by atoms with E-state index in [2.05, 4.69) is 49.4 Å². The van der Waals surface area contributed by atoms with Crippen LogP contribution in [-0.4, -0.2) is 114 Å². The first-order chi connectivity index (χ1) is 35.0. The van der Waals surface area contributed by atoms with Gasteiger partial charge in [-0.2, -0.15) is 0 Å². The number of aryl methyl sites for hydroxylation is 2. The van der Waals surface area contributed by atoms with Gasteiger partial charge in [-0.15, -0.1) is 0 Å². The molecule has 400 valence electrons. The molecule has 74 heavy (non-hydrogen) atoms. The van der Waals surface area contributed by atoms with E-state index < -0.39 is 70.8 Å². The topological polar surface area (TPSA) is 210 Å². The summed E-state index contributed by atoms with van der Waals surface area (Å²) in [6.07, 6.45) is 5.47. The molecule has 9 atom stereocenters.